The van der Waals surface area contributed by atoms with Crippen molar-refractivity contribution in [3.63, 3.8) is 0 Å². The minimum Gasteiger partial charge on any atom is -0.491 e. The quantitative estimate of drug-likeness (QED) is 0.505. The van der Waals surface area contributed by atoms with Crippen LogP contribution in [-0.2, 0) is 27.9 Å². The van der Waals surface area contributed by atoms with Crippen LogP contribution < -0.4 is 20.7 Å². The second kappa shape index (κ2) is 13.3. The number of aryl methyl sites for hydroxylation is 2. The van der Waals surface area contributed by atoms with Crippen LogP contribution in [-0.4, -0.2) is 77.1 Å². The largest absolute Gasteiger partial charge is 0.491 e. The normalized spacial score (nSPS) is 19.1. The molecule has 1 aromatic carbocycles. The van der Waals surface area contributed by atoms with Crippen LogP contribution in [0.1, 0.15) is 54.0 Å². The second-order valence-electron chi connectivity index (χ2n) is 10.4. The van der Waals surface area contributed by atoms with Crippen molar-refractivity contribution < 1.29 is 23.9 Å². The van der Waals surface area contributed by atoms with E-state index in [0.717, 1.165) is 17.0 Å². The van der Waals surface area contributed by atoms with Gasteiger partial charge in [-0.25, -0.2) is 0 Å². The number of amides is 4. The maximum atomic E-state index is 13.2. The number of hydrogen-bond acceptors (Lipinski definition) is 6. The fraction of sp³-hybridized carbons (Fsp3) is 0.536. The zero-order chi connectivity index (χ0) is 28.7. The van der Waals surface area contributed by atoms with E-state index in [-0.39, 0.29) is 37.0 Å². The Balaban J connectivity index is 1.83. The molecule has 3 rings (SSSR count). The molecule has 0 saturated carbocycles. The maximum absolute atomic E-state index is 13.2. The van der Waals surface area contributed by atoms with Crippen LogP contribution in [0.4, 0.5) is 0 Å². The van der Waals surface area contributed by atoms with Crippen molar-refractivity contribution in [2.45, 2.75) is 59.0 Å². The minimum atomic E-state index is -1.16. The SMILES string of the molecule is Cc1nn(C)c(C)c1CCNC(=O)[C@@H]1CC(=O)N[C@@H](CC(C)C)C(=O)N(C)CCOc2ccccc2C(=O)N1. The van der Waals surface area contributed by atoms with Crippen molar-refractivity contribution in [2.24, 2.45) is 13.0 Å². The molecule has 0 fully saturated rings. The number of benzene rings is 1. The molecule has 0 spiro atoms. The highest BCUT2D eigenvalue weighted by molar-refractivity contribution is 6.01. The molecular formula is C28H40N6O5. The van der Waals surface area contributed by atoms with E-state index < -0.39 is 29.8 Å². The Morgan fingerprint density at radius 3 is 2.54 bits per heavy atom. The van der Waals surface area contributed by atoms with E-state index in [1.54, 1.807) is 36.0 Å². The molecule has 0 saturated heterocycles. The molecule has 2 heterocycles. The smallest absolute Gasteiger partial charge is 0.255 e. The summed E-state index contributed by atoms with van der Waals surface area (Å²) in [5.74, 6) is -1.28. The lowest BCUT2D eigenvalue weighted by molar-refractivity contribution is -0.136. The third-order valence-corrected chi connectivity index (χ3v) is 6.88. The summed E-state index contributed by atoms with van der Waals surface area (Å²) in [6.45, 7) is 8.55. The van der Waals surface area contributed by atoms with Gasteiger partial charge in [0.25, 0.3) is 5.91 Å². The maximum Gasteiger partial charge on any atom is 0.255 e. The fourth-order valence-electron chi connectivity index (χ4n) is 4.64. The fourth-order valence-corrected chi connectivity index (χ4v) is 4.64. The van der Waals surface area contributed by atoms with Gasteiger partial charge < -0.3 is 25.6 Å². The van der Waals surface area contributed by atoms with Crippen LogP contribution in [0.25, 0.3) is 0 Å². The molecule has 11 heteroatoms. The van der Waals surface area contributed by atoms with Crippen molar-refractivity contribution >= 4 is 23.6 Å². The zero-order valence-electron chi connectivity index (χ0n) is 23.7. The molecule has 39 heavy (non-hydrogen) atoms. The summed E-state index contributed by atoms with van der Waals surface area (Å²) in [5.41, 5.74) is 3.17. The average molecular weight is 541 g/mol. The molecule has 2 aromatic rings. The van der Waals surface area contributed by atoms with Crippen LogP contribution in [0, 0.1) is 19.8 Å². The lowest BCUT2D eigenvalue weighted by Gasteiger charge is -2.27. The summed E-state index contributed by atoms with van der Waals surface area (Å²) >= 11 is 0. The monoisotopic (exact) mass is 540 g/mol. The number of likely N-dealkylation sites (N-methyl/N-ethyl adjacent to an activating group) is 1. The molecule has 4 amide bonds. The van der Waals surface area contributed by atoms with Crippen molar-refractivity contribution in [2.75, 3.05) is 26.7 Å². The molecule has 0 bridgehead atoms. The summed E-state index contributed by atoms with van der Waals surface area (Å²) in [6.07, 6.45) is 0.668. The van der Waals surface area contributed by atoms with Crippen molar-refractivity contribution in [3.05, 3.63) is 46.8 Å². The van der Waals surface area contributed by atoms with Crippen LogP contribution in [0.2, 0.25) is 0 Å². The molecule has 0 aliphatic carbocycles. The van der Waals surface area contributed by atoms with Gasteiger partial charge in [-0.3, -0.25) is 23.9 Å². The first-order valence-corrected chi connectivity index (χ1v) is 13.3. The predicted molar refractivity (Wildman–Crippen MR) is 146 cm³/mol. The third-order valence-electron chi connectivity index (χ3n) is 6.88. The van der Waals surface area contributed by atoms with Crippen LogP contribution in [0.3, 0.4) is 0 Å². The molecule has 2 atom stereocenters. The first-order chi connectivity index (χ1) is 18.5. The van der Waals surface area contributed by atoms with E-state index in [2.05, 4.69) is 21.0 Å². The summed E-state index contributed by atoms with van der Waals surface area (Å²) in [5, 5.41) is 12.7. The van der Waals surface area contributed by atoms with Gasteiger partial charge in [0.1, 0.15) is 24.4 Å². The molecular weight excluding hydrogens is 500 g/mol. The predicted octanol–water partition coefficient (Wildman–Crippen LogP) is 1.27. The van der Waals surface area contributed by atoms with Gasteiger partial charge in [-0.1, -0.05) is 26.0 Å². The summed E-state index contributed by atoms with van der Waals surface area (Å²) in [6, 6.07) is 4.77. The van der Waals surface area contributed by atoms with Gasteiger partial charge in [-0.15, -0.1) is 0 Å². The van der Waals surface area contributed by atoms with Gasteiger partial charge in [0.05, 0.1) is 24.2 Å². The van der Waals surface area contributed by atoms with Crippen LogP contribution >= 0.6 is 0 Å². The molecule has 1 aliphatic rings. The first kappa shape index (κ1) is 29.7. The lowest BCUT2D eigenvalue weighted by Crippen LogP contribution is -2.53. The van der Waals surface area contributed by atoms with Crippen molar-refractivity contribution in [1.29, 1.82) is 0 Å². The number of hydrogen-bond donors (Lipinski definition) is 3. The Hall–Kier alpha value is -3.89. The van der Waals surface area contributed by atoms with Crippen molar-refractivity contribution in [1.82, 2.24) is 30.6 Å². The Bertz CT molecular complexity index is 1210. The standard InChI is InChI=1S/C28H40N6O5/c1-17(2)15-23-28(38)33(5)13-14-39-24-10-8-7-9-21(24)26(36)31-22(16-25(35)30-23)27(37)29-12-11-20-18(3)32-34(6)19(20)4/h7-10,17,22-23H,11-16H2,1-6H3,(H,29,37)(H,30,35)(H,31,36)/t22-,23-/m0/s1. The van der Waals surface area contributed by atoms with E-state index in [0.29, 0.717) is 25.1 Å². The second-order valence-corrected chi connectivity index (χ2v) is 10.4. The number of ether oxygens (including phenoxy) is 1. The number of carbonyl (C=O) groups is 4. The van der Waals surface area contributed by atoms with E-state index in [1.807, 2.05) is 34.7 Å². The van der Waals surface area contributed by atoms with Crippen molar-refractivity contribution in [3.8, 4) is 5.75 Å². The van der Waals surface area contributed by atoms with E-state index >= 15 is 0 Å². The number of para-hydroxylation sites is 1. The van der Waals surface area contributed by atoms with Gasteiger partial charge in [-0.2, -0.15) is 5.10 Å². The Kier molecular flexibility index (Phi) is 10.1. The number of rotatable bonds is 6. The minimum absolute atomic E-state index is 0.146. The van der Waals surface area contributed by atoms with E-state index in [1.165, 1.54) is 4.90 Å². The molecule has 3 N–H and O–H groups in total. The number of nitrogens with zero attached hydrogens (tertiary/aromatic N) is 3. The Labute approximate surface area is 229 Å². The topological polar surface area (TPSA) is 135 Å². The Morgan fingerprint density at radius 1 is 1.15 bits per heavy atom. The van der Waals surface area contributed by atoms with Gasteiger partial charge >= 0.3 is 0 Å². The van der Waals surface area contributed by atoms with Gasteiger partial charge in [0.2, 0.25) is 17.7 Å². The summed E-state index contributed by atoms with van der Waals surface area (Å²) < 4.78 is 7.63. The highest BCUT2D eigenvalue weighted by atomic mass is 16.5. The third kappa shape index (κ3) is 7.81. The molecule has 1 aliphatic heterocycles. The van der Waals surface area contributed by atoms with Gasteiger partial charge in [-0.05, 0) is 50.3 Å². The molecule has 0 radical (unpaired) electrons. The first-order valence-electron chi connectivity index (χ1n) is 13.3. The summed E-state index contributed by atoms with van der Waals surface area (Å²) in [4.78, 5) is 54.2. The van der Waals surface area contributed by atoms with E-state index in [9.17, 15) is 19.2 Å². The number of nitrogens with one attached hydrogen (secondary N) is 3. The number of fused-ring (bicyclic) bond motifs is 1. The Morgan fingerprint density at radius 2 is 1.87 bits per heavy atom. The summed E-state index contributed by atoms with van der Waals surface area (Å²) in [7, 11) is 3.52. The zero-order valence-corrected chi connectivity index (χ0v) is 23.7. The molecule has 1 aromatic heterocycles. The van der Waals surface area contributed by atoms with Crippen LogP contribution in [0.5, 0.6) is 5.75 Å². The van der Waals surface area contributed by atoms with E-state index in [4.69, 9.17) is 4.74 Å². The van der Waals surface area contributed by atoms with Gasteiger partial charge in [0, 0.05) is 26.3 Å². The lowest BCUT2D eigenvalue weighted by atomic mass is 10.0. The number of carbonyl (C=O) groups excluding carboxylic acids is 4. The molecule has 11 nitrogen and oxygen atoms in total. The van der Waals surface area contributed by atoms with Crippen LogP contribution in [0.15, 0.2) is 24.3 Å². The molecule has 212 valence electrons. The highest BCUT2D eigenvalue weighted by Gasteiger charge is 2.30. The molecule has 0 unspecified atom stereocenters. The number of aromatic nitrogens is 2. The average Bonchev–Trinajstić information content (AvgIpc) is 3.12. The van der Waals surface area contributed by atoms with Gasteiger partial charge in [0.15, 0.2) is 0 Å². The highest BCUT2D eigenvalue weighted by Crippen LogP contribution is 2.19.